The molecule has 0 saturated carbocycles. The zero-order chi connectivity index (χ0) is 12.8. The molecule has 1 amide bonds. The van der Waals surface area contributed by atoms with Gasteiger partial charge >= 0.3 is 0 Å². The van der Waals surface area contributed by atoms with E-state index in [0.717, 1.165) is 6.54 Å². The molecular weight excluding hydrogens is 214 g/mol. The lowest BCUT2D eigenvalue weighted by Gasteiger charge is -2.18. The van der Waals surface area contributed by atoms with Crippen molar-refractivity contribution in [1.29, 1.82) is 5.26 Å². The second-order valence-corrected chi connectivity index (χ2v) is 4.33. The minimum absolute atomic E-state index is 0.0909. The second-order valence-electron chi connectivity index (χ2n) is 4.33. The molecule has 0 radical (unpaired) electrons. The molecule has 0 heterocycles. The maximum absolute atomic E-state index is 11.8. The summed E-state index contributed by atoms with van der Waals surface area (Å²) in [4.78, 5) is 13.8. The van der Waals surface area contributed by atoms with Crippen LogP contribution in [0.1, 0.15) is 22.8 Å². The number of likely N-dealkylation sites (N-methyl/N-ethyl adjacent to an activating group) is 1. The van der Waals surface area contributed by atoms with Crippen molar-refractivity contribution in [1.82, 2.24) is 10.2 Å². The van der Waals surface area contributed by atoms with E-state index in [4.69, 9.17) is 5.26 Å². The molecule has 1 unspecified atom stereocenters. The standard InChI is InChI=1S/C13H17N3O/c1-10(9-16(2)3)15-13(17)12-6-4-11(8-14)5-7-12/h4-7,10H,9H2,1-3H3,(H,15,17). The maximum atomic E-state index is 11.8. The van der Waals surface area contributed by atoms with Crippen LogP contribution < -0.4 is 5.32 Å². The molecule has 1 aromatic carbocycles. The van der Waals surface area contributed by atoms with E-state index >= 15 is 0 Å². The molecule has 0 fully saturated rings. The summed E-state index contributed by atoms with van der Waals surface area (Å²) in [6.07, 6.45) is 0. The Morgan fingerprint density at radius 3 is 2.47 bits per heavy atom. The van der Waals surface area contributed by atoms with Gasteiger partial charge in [0.25, 0.3) is 5.91 Å². The number of rotatable bonds is 4. The average Bonchev–Trinajstić information content (AvgIpc) is 2.28. The summed E-state index contributed by atoms with van der Waals surface area (Å²) < 4.78 is 0. The molecule has 0 bridgehead atoms. The van der Waals surface area contributed by atoms with Gasteiger partial charge in [-0.3, -0.25) is 4.79 Å². The Labute approximate surface area is 102 Å². The first-order valence-electron chi connectivity index (χ1n) is 5.48. The van der Waals surface area contributed by atoms with E-state index in [0.29, 0.717) is 11.1 Å². The van der Waals surface area contributed by atoms with Gasteiger partial charge in [-0.05, 0) is 45.3 Å². The van der Waals surface area contributed by atoms with Crippen molar-refractivity contribution in [3.63, 3.8) is 0 Å². The zero-order valence-electron chi connectivity index (χ0n) is 10.4. The minimum Gasteiger partial charge on any atom is -0.348 e. The number of nitriles is 1. The topological polar surface area (TPSA) is 56.1 Å². The van der Waals surface area contributed by atoms with Gasteiger partial charge in [0.1, 0.15) is 0 Å². The summed E-state index contributed by atoms with van der Waals surface area (Å²) in [5.41, 5.74) is 1.14. The lowest BCUT2D eigenvalue weighted by Crippen LogP contribution is -2.39. The molecule has 0 spiro atoms. The van der Waals surface area contributed by atoms with E-state index in [9.17, 15) is 4.79 Å². The van der Waals surface area contributed by atoms with E-state index in [1.807, 2.05) is 32.0 Å². The van der Waals surface area contributed by atoms with Gasteiger partial charge in [0, 0.05) is 18.2 Å². The Bertz CT molecular complexity index is 417. The predicted molar refractivity (Wildman–Crippen MR) is 66.6 cm³/mol. The Morgan fingerprint density at radius 2 is 2.00 bits per heavy atom. The molecule has 0 aliphatic rings. The van der Waals surface area contributed by atoms with E-state index in [1.165, 1.54) is 0 Å². The highest BCUT2D eigenvalue weighted by Gasteiger charge is 2.10. The smallest absolute Gasteiger partial charge is 0.251 e. The highest BCUT2D eigenvalue weighted by molar-refractivity contribution is 5.94. The molecule has 0 saturated heterocycles. The highest BCUT2D eigenvalue weighted by Crippen LogP contribution is 2.03. The largest absolute Gasteiger partial charge is 0.348 e. The molecule has 4 nitrogen and oxygen atoms in total. The summed E-state index contributed by atoms with van der Waals surface area (Å²) in [6, 6.07) is 8.73. The molecule has 90 valence electrons. The van der Waals surface area contributed by atoms with Crippen LogP contribution in [-0.4, -0.2) is 37.5 Å². The predicted octanol–water partition coefficient (Wildman–Crippen LogP) is 1.24. The Kier molecular flexibility index (Phi) is 4.68. The molecule has 17 heavy (non-hydrogen) atoms. The molecule has 0 aromatic heterocycles. The van der Waals surface area contributed by atoms with Crippen LogP contribution in [0.25, 0.3) is 0 Å². The first-order valence-corrected chi connectivity index (χ1v) is 5.48. The van der Waals surface area contributed by atoms with Gasteiger partial charge in [0.05, 0.1) is 11.6 Å². The lowest BCUT2D eigenvalue weighted by atomic mass is 10.1. The molecule has 1 rings (SSSR count). The van der Waals surface area contributed by atoms with E-state index < -0.39 is 0 Å². The summed E-state index contributed by atoms with van der Waals surface area (Å²) in [5, 5.41) is 11.6. The van der Waals surface area contributed by atoms with Gasteiger partial charge < -0.3 is 10.2 Å². The average molecular weight is 231 g/mol. The Morgan fingerprint density at radius 1 is 1.41 bits per heavy atom. The van der Waals surface area contributed by atoms with E-state index in [-0.39, 0.29) is 11.9 Å². The van der Waals surface area contributed by atoms with Crippen molar-refractivity contribution < 1.29 is 4.79 Å². The first kappa shape index (κ1) is 13.2. The number of nitrogens with one attached hydrogen (secondary N) is 1. The van der Waals surface area contributed by atoms with Crippen LogP contribution in [0.15, 0.2) is 24.3 Å². The molecule has 1 N–H and O–H groups in total. The fraction of sp³-hybridized carbons (Fsp3) is 0.385. The molecule has 4 heteroatoms. The van der Waals surface area contributed by atoms with Crippen molar-refractivity contribution in [3.05, 3.63) is 35.4 Å². The fourth-order valence-corrected chi connectivity index (χ4v) is 1.60. The number of carbonyl (C=O) groups excluding carboxylic acids is 1. The van der Waals surface area contributed by atoms with Crippen molar-refractivity contribution >= 4 is 5.91 Å². The number of benzene rings is 1. The Balaban J connectivity index is 2.61. The third kappa shape index (κ3) is 4.25. The van der Waals surface area contributed by atoms with Crippen LogP contribution in [0.5, 0.6) is 0 Å². The van der Waals surface area contributed by atoms with E-state index in [2.05, 4.69) is 5.32 Å². The molecule has 0 aliphatic heterocycles. The van der Waals surface area contributed by atoms with Gasteiger partial charge in [-0.15, -0.1) is 0 Å². The van der Waals surface area contributed by atoms with Gasteiger partial charge in [-0.1, -0.05) is 0 Å². The first-order chi connectivity index (χ1) is 8.02. The molecule has 1 atom stereocenters. The van der Waals surface area contributed by atoms with Crippen LogP contribution in [0.2, 0.25) is 0 Å². The van der Waals surface area contributed by atoms with Crippen LogP contribution in [0, 0.1) is 11.3 Å². The molecule has 1 aromatic rings. The number of hydrogen-bond donors (Lipinski definition) is 1. The van der Waals surface area contributed by atoms with Gasteiger partial charge in [-0.2, -0.15) is 5.26 Å². The van der Waals surface area contributed by atoms with Crippen LogP contribution >= 0.6 is 0 Å². The quantitative estimate of drug-likeness (QED) is 0.848. The van der Waals surface area contributed by atoms with Crippen molar-refractivity contribution in [2.24, 2.45) is 0 Å². The Hall–Kier alpha value is -1.86. The molecule has 0 aliphatic carbocycles. The highest BCUT2D eigenvalue weighted by atomic mass is 16.1. The zero-order valence-corrected chi connectivity index (χ0v) is 10.4. The number of amides is 1. The van der Waals surface area contributed by atoms with Gasteiger partial charge in [0.15, 0.2) is 0 Å². The number of carbonyl (C=O) groups is 1. The van der Waals surface area contributed by atoms with Gasteiger partial charge in [0.2, 0.25) is 0 Å². The van der Waals surface area contributed by atoms with Gasteiger partial charge in [-0.25, -0.2) is 0 Å². The normalized spacial score (nSPS) is 11.9. The number of hydrogen-bond acceptors (Lipinski definition) is 3. The van der Waals surface area contributed by atoms with Crippen LogP contribution in [0.3, 0.4) is 0 Å². The van der Waals surface area contributed by atoms with Crippen LogP contribution in [0.4, 0.5) is 0 Å². The van der Waals surface area contributed by atoms with Crippen molar-refractivity contribution in [3.8, 4) is 6.07 Å². The lowest BCUT2D eigenvalue weighted by molar-refractivity contribution is 0.0934. The summed E-state index contributed by atoms with van der Waals surface area (Å²) in [6.45, 7) is 2.75. The summed E-state index contributed by atoms with van der Waals surface area (Å²) >= 11 is 0. The maximum Gasteiger partial charge on any atom is 0.251 e. The van der Waals surface area contributed by atoms with E-state index in [1.54, 1.807) is 24.3 Å². The van der Waals surface area contributed by atoms with Crippen molar-refractivity contribution in [2.75, 3.05) is 20.6 Å². The summed E-state index contributed by atoms with van der Waals surface area (Å²) in [5.74, 6) is -0.108. The minimum atomic E-state index is -0.108. The van der Waals surface area contributed by atoms with Crippen molar-refractivity contribution in [2.45, 2.75) is 13.0 Å². The SMILES string of the molecule is CC(CN(C)C)NC(=O)c1ccc(C#N)cc1. The monoisotopic (exact) mass is 231 g/mol. The number of nitrogens with zero attached hydrogens (tertiary/aromatic N) is 2. The fourth-order valence-electron chi connectivity index (χ4n) is 1.60. The third-order valence-corrected chi connectivity index (χ3v) is 2.29. The summed E-state index contributed by atoms with van der Waals surface area (Å²) in [7, 11) is 3.93. The van der Waals surface area contributed by atoms with Crippen LogP contribution in [-0.2, 0) is 0 Å². The molecular formula is C13H17N3O. The second kappa shape index (κ2) is 6.02. The third-order valence-electron chi connectivity index (χ3n) is 2.29.